The highest BCUT2D eigenvalue weighted by Crippen LogP contribution is 2.54. The van der Waals surface area contributed by atoms with Gasteiger partial charge in [-0.2, -0.15) is 0 Å². The first-order valence-corrected chi connectivity index (χ1v) is 21.1. The Balaban J connectivity index is 1.35. The minimum atomic E-state index is -0.797. The van der Waals surface area contributed by atoms with Crippen LogP contribution in [0.2, 0.25) is 0 Å². The van der Waals surface area contributed by atoms with E-state index in [0.29, 0.717) is 30.2 Å². The number of hydrogen-bond acceptors (Lipinski definition) is 10. The minimum Gasteiger partial charge on any atom is -0.465 e. The third kappa shape index (κ3) is 8.30. The van der Waals surface area contributed by atoms with E-state index in [-0.39, 0.29) is 17.4 Å². The maximum atomic E-state index is 13.9. The van der Waals surface area contributed by atoms with Crippen LogP contribution in [-0.4, -0.2) is 51.6 Å². The van der Waals surface area contributed by atoms with E-state index in [1.165, 1.54) is 5.56 Å². The molecule has 0 aromatic heterocycles. The largest absolute Gasteiger partial charge is 0.465 e. The first-order valence-electron chi connectivity index (χ1n) is 18.9. The molecule has 3 aromatic carbocycles. The smallest absolute Gasteiger partial charge is 0.314 e. The number of thioether (sulfide) groups is 2. The zero-order chi connectivity index (χ0) is 38.8. The number of unbranched alkanes of at least 4 members (excludes halogenated alkanes) is 2. The number of aliphatic imine (C=N–C) groups is 1. The summed E-state index contributed by atoms with van der Waals surface area (Å²) in [7, 11) is 2.05. The molecule has 2 heterocycles. The van der Waals surface area contributed by atoms with Crippen LogP contribution in [0, 0.1) is 17.3 Å². The molecule has 53 heavy (non-hydrogen) atoms. The summed E-state index contributed by atoms with van der Waals surface area (Å²) in [4.78, 5) is 34.7. The molecule has 0 saturated carbocycles. The Morgan fingerprint density at radius 1 is 1.00 bits per heavy atom. The topological polar surface area (TPSA) is 77.4 Å². The Kier molecular flexibility index (Phi) is 12.7. The van der Waals surface area contributed by atoms with Gasteiger partial charge in [-0.1, -0.05) is 90.0 Å². The Hall–Kier alpha value is -3.08. The van der Waals surface area contributed by atoms with Crippen molar-refractivity contribution in [1.82, 2.24) is 0 Å². The van der Waals surface area contributed by atoms with E-state index < -0.39 is 27.7 Å². The van der Waals surface area contributed by atoms with Gasteiger partial charge in [-0.15, -0.1) is 23.5 Å². The average Bonchev–Trinajstić information content (AvgIpc) is 3.27. The van der Waals surface area contributed by atoms with Crippen molar-refractivity contribution in [1.29, 1.82) is 0 Å². The molecule has 0 N–H and O–H groups in total. The molecule has 3 unspecified atom stereocenters. The zero-order valence-electron chi connectivity index (χ0n) is 33.0. The third-order valence-electron chi connectivity index (χ3n) is 11.3. The van der Waals surface area contributed by atoms with Gasteiger partial charge >= 0.3 is 11.9 Å². The molecule has 0 radical (unpaired) electrons. The second-order valence-corrected chi connectivity index (χ2v) is 20.1. The number of anilines is 1. The molecule has 2 aliphatic rings. The lowest BCUT2D eigenvalue weighted by Gasteiger charge is -2.45. The monoisotopic (exact) mass is 776 g/mol. The quantitative estimate of drug-likeness (QED) is 0.0688. The maximum absolute atomic E-state index is 13.9. The van der Waals surface area contributed by atoms with Crippen molar-refractivity contribution in [2.45, 2.75) is 110 Å². The molecule has 0 saturated heterocycles. The lowest BCUT2D eigenvalue weighted by atomic mass is 9.71. The maximum Gasteiger partial charge on any atom is 0.314 e. The standard InChI is InChI=1S/C43H56N2O5S3/c1-11-13-23-48-38(47)33(42(8,9)53-39(51)52-24-14-12-2)26-40(4,5)28(3)37(46)49-30-21-19-29-20-22-35-36(31(29)25-30)44-27-43(50-35)41(6,7)32-17-15-16-18-34(32)45(43)10/h15-22,25,27-28,33H,11-14,23-24,26H2,1-10H3. The van der Waals surface area contributed by atoms with Crippen LogP contribution in [0.4, 0.5) is 11.4 Å². The molecular formula is C43H56N2O5S3. The molecule has 10 heteroatoms. The Bertz CT molecular complexity index is 1870. The van der Waals surface area contributed by atoms with Crippen molar-refractivity contribution in [3.8, 4) is 11.5 Å². The lowest BCUT2D eigenvalue weighted by molar-refractivity contribution is -0.153. The first-order chi connectivity index (χ1) is 25.0. The van der Waals surface area contributed by atoms with Crippen LogP contribution in [0.5, 0.6) is 11.5 Å². The van der Waals surface area contributed by atoms with E-state index in [1.807, 2.05) is 70.4 Å². The van der Waals surface area contributed by atoms with Crippen molar-refractivity contribution >= 4 is 79.6 Å². The molecule has 7 nitrogen and oxygen atoms in total. The highest BCUT2D eigenvalue weighted by atomic mass is 32.2. The number of carbonyl (C=O) groups excluding carboxylic acids is 2. The number of ether oxygens (including phenoxy) is 3. The molecule has 3 aromatic rings. The molecule has 5 rings (SSSR count). The number of carbonyl (C=O) groups is 2. The summed E-state index contributed by atoms with van der Waals surface area (Å²) in [5.74, 6) is 0.449. The average molecular weight is 777 g/mol. The van der Waals surface area contributed by atoms with Gasteiger partial charge < -0.3 is 19.1 Å². The SMILES string of the molecule is CCCCOC(=O)C(CC(C)(C)C(C)C(=O)Oc1ccc2ccc3c(c2c1)N=CC1(O3)N(C)c2ccccc2C1(C)C)C(C)(C)SC(=S)SCCCC. The predicted octanol–water partition coefficient (Wildman–Crippen LogP) is 11.3. The number of fused-ring (bicyclic) bond motifs is 4. The van der Waals surface area contributed by atoms with Crippen LogP contribution in [0.3, 0.4) is 0 Å². The summed E-state index contributed by atoms with van der Waals surface area (Å²) >= 11 is 8.97. The van der Waals surface area contributed by atoms with Crippen LogP contribution < -0.4 is 14.4 Å². The molecule has 0 amide bonds. The number of rotatable bonds is 14. The number of likely N-dealkylation sites (N-methyl/N-ethyl adjacent to an activating group) is 1. The second-order valence-electron chi connectivity index (χ2n) is 16.1. The van der Waals surface area contributed by atoms with Gasteiger partial charge in [-0.25, -0.2) is 0 Å². The van der Waals surface area contributed by atoms with Crippen LogP contribution in [0.25, 0.3) is 10.8 Å². The summed E-state index contributed by atoms with van der Waals surface area (Å²) in [6.07, 6.45) is 6.29. The number of esters is 2. The molecule has 2 aliphatic heterocycles. The van der Waals surface area contributed by atoms with Crippen molar-refractivity contribution < 1.29 is 23.8 Å². The number of para-hydroxylation sites is 1. The van der Waals surface area contributed by atoms with Gasteiger partial charge in [0, 0.05) is 22.9 Å². The molecule has 286 valence electrons. The number of thiocarbonyl (C=S) groups is 1. The first kappa shape index (κ1) is 41.1. The summed E-state index contributed by atoms with van der Waals surface area (Å²) in [6, 6.07) is 18.0. The fourth-order valence-electron chi connectivity index (χ4n) is 7.29. The van der Waals surface area contributed by atoms with Gasteiger partial charge in [0.25, 0.3) is 0 Å². The third-order valence-corrected chi connectivity index (χ3v) is 14.2. The number of nitrogens with zero attached hydrogens (tertiary/aromatic N) is 2. The number of benzene rings is 3. The zero-order valence-corrected chi connectivity index (χ0v) is 35.5. The van der Waals surface area contributed by atoms with Crippen molar-refractivity contribution in [2.75, 3.05) is 24.3 Å². The lowest BCUT2D eigenvalue weighted by Crippen LogP contribution is -2.61. The Labute approximate surface area is 330 Å². The van der Waals surface area contributed by atoms with Crippen molar-refractivity contribution in [3.05, 3.63) is 60.2 Å². The van der Waals surface area contributed by atoms with E-state index in [1.54, 1.807) is 23.5 Å². The fourth-order valence-corrected chi connectivity index (χ4v) is 10.7. The van der Waals surface area contributed by atoms with Gasteiger partial charge in [0.15, 0.2) is 0 Å². The Morgan fingerprint density at radius 3 is 2.40 bits per heavy atom. The molecule has 1 spiro atoms. The molecule has 0 fully saturated rings. The highest BCUT2D eigenvalue weighted by Gasteiger charge is 2.58. The van der Waals surface area contributed by atoms with Gasteiger partial charge in [0.1, 0.15) is 20.7 Å². The molecule has 3 atom stereocenters. The molecular weight excluding hydrogens is 721 g/mol. The normalized spacial score (nSPS) is 18.6. The van der Waals surface area contributed by atoms with E-state index in [9.17, 15) is 9.59 Å². The highest BCUT2D eigenvalue weighted by molar-refractivity contribution is 8.47. The molecule has 0 aliphatic carbocycles. The van der Waals surface area contributed by atoms with E-state index in [0.717, 1.165) is 51.4 Å². The minimum absolute atomic E-state index is 0.245. The van der Waals surface area contributed by atoms with E-state index >= 15 is 0 Å². The predicted molar refractivity (Wildman–Crippen MR) is 228 cm³/mol. The van der Waals surface area contributed by atoms with E-state index in [4.69, 9.17) is 31.4 Å². The van der Waals surface area contributed by atoms with Crippen molar-refractivity contribution in [2.24, 2.45) is 22.2 Å². The van der Waals surface area contributed by atoms with Crippen LogP contribution in [-0.2, 0) is 19.7 Å². The summed E-state index contributed by atoms with van der Waals surface area (Å²) in [5.41, 5.74) is 1.26. The summed E-state index contributed by atoms with van der Waals surface area (Å²) in [6.45, 7) is 19.0. The molecule has 0 bridgehead atoms. The van der Waals surface area contributed by atoms with Gasteiger partial charge in [0.05, 0.1) is 30.1 Å². The summed E-state index contributed by atoms with van der Waals surface area (Å²) < 4.78 is 19.1. The van der Waals surface area contributed by atoms with Crippen LogP contribution in [0.1, 0.15) is 100.0 Å². The van der Waals surface area contributed by atoms with Crippen LogP contribution in [0.15, 0.2) is 59.6 Å². The summed E-state index contributed by atoms with van der Waals surface area (Å²) in [5, 5.41) is 1.80. The fraction of sp³-hybridized carbons (Fsp3) is 0.535. The van der Waals surface area contributed by atoms with Gasteiger partial charge in [0.2, 0.25) is 5.72 Å². The van der Waals surface area contributed by atoms with Gasteiger partial charge in [-0.3, -0.25) is 14.6 Å². The Morgan fingerprint density at radius 2 is 1.70 bits per heavy atom. The second kappa shape index (κ2) is 16.3. The van der Waals surface area contributed by atoms with Crippen LogP contribution >= 0.6 is 35.7 Å². The van der Waals surface area contributed by atoms with Gasteiger partial charge in [-0.05, 0) is 93.3 Å². The van der Waals surface area contributed by atoms with Crippen molar-refractivity contribution in [3.63, 3.8) is 0 Å². The van der Waals surface area contributed by atoms with E-state index in [2.05, 4.69) is 64.6 Å². The number of hydrogen-bond donors (Lipinski definition) is 0.